The van der Waals surface area contributed by atoms with Crippen LogP contribution in [0.3, 0.4) is 0 Å². The van der Waals surface area contributed by atoms with Crippen LogP contribution in [0.15, 0.2) is 0 Å². The van der Waals surface area contributed by atoms with Gasteiger partial charge in [0.2, 0.25) is 0 Å². The molecule has 3 rings (SSSR count). The fourth-order valence-electron chi connectivity index (χ4n) is 3.28. The lowest BCUT2D eigenvalue weighted by atomic mass is 9.87. The molecule has 0 amide bonds. The van der Waals surface area contributed by atoms with Crippen molar-refractivity contribution < 1.29 is 5.11 Å². The second-order valence-electron chi connectivity index (χ2n) is 6.28. The largest absolute Gasteiger partial charge is 0.388 e. The van der Waals surface area contributed by atoms with E-state index < -0.39 is 0 Å². The van der Waals surface area contributed by atoms with Crippen molar-refractivity contribution in [3.8, 4) is 0 Å². The highest BCUT2D eigenvalue weighted by atomic mass is 32.1. The number of anilines is 1. The van der Waals surface area contributed by atoms with Gasteiger partial charge in [-0.25, -0.2) is 4.98 Å². The van der Waals surface area contributed by atoms with Crippen LogP contribution < -0.4 is 4.90 Å². The van der Waals surface area contributed by atoms with E-state index in [4.69, 9.17) is 4.98 Å². The molecule has 0 bridgehead atoms. The number of hydrogen-bond acceptors (Lipinski definition) is 4. The van der Waals surface area contributed by atoms with E-state index in [-0.39, 0.29) is 6.10 Å². The molecule has 1 atom stereocenters. The Morgan fingerprint density at radius 3 is 2.63 bits per heavy atom. The van der Waals surface area contributed by atoms with Gasteiger partial charge < -0.3 is 10.0 Å². The molecule has 1 aliphatic heterocycles. The predicted molar refractivity (Wildman–Crippen MR) is 79.8 cm³/mol. The Balaban J connectivity index is 1.70. The number of nitrogens with zero attached hydrogens (tertiary/aromatic N) is 2. The first-order chi connectivity index (χ1) is 9.15. The summed E-state index contributed by atoms with van der Waals surface area (Å²) in [7, 11) is 0. The Labute approximate surface area is 119 Å². The molecule has 1 N–H and O–H groups in total. The van der Waals surface area contributed by atoms with Crippen LogP contribution in [-0.4, -0.2) is 23.2 Å². The number of aromatic nitrogens is 1. The van der Waals surface area contributed by atoms with E-state index >= 15 is 0 Å². The van der Waals surface area contributed by atoms with Gasteiger partial charge >= 0.3 is 0 Å². The minimum atomic E-state index is -0.261. The number of aryl methyl sites for hydroxylation is 1. The highest BCUT2D eigenvalue weighted by Gasteiger charge is 2.27. The zero-order chi connectivity index (χ0) is 13.4. The zero-order valence-electron chi connectivity index (χ0n) is 11.9. The molecule has 0 saturated carbocycles. The van der Waals surface area contributed by atoms with E-state index in [2.05, 4.69) is 18.7 Å². The molecule has 4 heteroatoms. The molecule has 1 saturated heterocycles. The van der Waals surface area contributed by atoms with Crippen LogP contribution in [0.5, 0.6) is 0 Å². The monoisotopic (exact) mass is 280 g/mol. The number of aliphatic hydroxyl groups excluding tert-OH is 1. The van der Waals surface area contributed by atoms with Gasteiger partial charge in [0, 0.05) is 13.1 Å². The Kier molecular flexibility index (Phi) is 3.81. The molecular formula is C15H24N2OS. The number of aliphatic hydroxyl groups is 1. The lowest BCUT2D eigenvalue weighted by molar-refractivity contribution is 0.160. The van der Waals surface area contributed by atoms with Crippen molar-refractivity contribution in [2.75, 3.05) is 18.0 Å². The van der Waals surface area contributed by atoms with Crippen LogP contribution in [-0.2, 0) is 6.42 Å². The van der Waals surface area contributed by atoms with E-state index in [1.54, 1.807) is 11.3 Å². The van der Waals surface area contributed by atoms with E-state index in [0.29, 0.717) is 0 Å². The second-order valence-corrected chi connectivity index (χ2v) is 7.29. The third-order valence-corrected chi connectivity index (χ3v) is 5.92. The van der Waals surface area contributed by atoms with Crippen molar-refractivity contribution in [2.45, 2.75) is 52.1 Å². The Morgan fingerprint density at radius 2 is 2.00 bits per heavy atom. The molecule has 106 valence electrons. The topological polar surface area (TPSA) is 36.4 Å². The molecule has 3 nitrogen and oxygen atoms in total. The van der Waals surface area contributed by atoms with Gasteiger partial charge in [0.25, 0.3) is 0 Å². The van der Waals surface area contributed by atoms with E-state index in [0.717, 1.165) is 59.9 Å². The first-order valence-electron chi connectivity index (χ1n) is 7.57. The van der Waals surface area contributed by atoms with Gasteiger partial charge in [-0.3, -0.25) is 0 Å². The molecule has 1 unspecified atom stereocenters. The molecular weight excluding hydrogens is 256 g/mol. The summed E-state index contributed by atoms with van der Waals surface area (Å²) in [6.07, 6.45) is 5.33. The van der Waals surface area contributed by atoms with Crippen LogP contribution in [0.4, 0.5) is 5.13 Å². The highest BCUT2D eigenvalue weighted by Crippen LogP contribution is 2.38. The summed E-state index contributed by atoms with van der Waals surface area (Å²) in [6, 6.07) is 0. The molecule has 2 heterocycles. The molecule has 0 radical (unpaired) electrons. The molecule has 19 heavy (non-hydrogen) atoms. The average Bonchev–Trinajstić information content (AvgIpc) is 2.84. The molecule has 1 fully saturated rings. The fraction of sp³-hybridized carbons (Fsp3) is 0.800. The number of fused-ring (bicyclic) bond motifs is 1. The van der Waals surface area contributed by atoms with E-state index in [1.807, 2.05) is 0 Å². The Bertz CT molecular complexity index is 435. The van der Waals surface area contributed by atoms with Crippen molar-refractivity contribution in [2.24, 2.45) is 11.8 Å². The summed E-state index contributed by atoms with van der Waals surface area (Å²) >= 11 is 1.72. The standard InChI is InChI=1S/C15H24N2OS/c1-10(2)11-6-8-17(9-7-11)15-16-12-4-3-5-13(18)14(12)19-15/h10-11,13,18H,3-9H2,1-2H3. The van der Waals surface area contributed by atoms with Crippen molar-refractivity contribution in [1.82, 2.24) is 4.98 Å². The average molecular weight is 280 g/mol. The van der Waals surface area contributed by atoms with Gasteiger partial charge in [-0.1, -0.05) is 25.2 Å². The van der Waals surface area contributed by atoms with Crippen LogP contribution in [0, 0.1) is 11.8 Å². The Hall–Kier alpha value is -0.610. The maximum Gasteiger partial charge on any atom is 0.185 e. The normalized spacial score (nSPS) is 24.8. The molecule has 1 aromatic heterocycles. The van der Waals surface area contributed by atoms with Crippen molar-refractivity contribution >= 4 is 16.5 Å². The second kappa shape index (κ2) is 5.41. The summed E-state index contributed by atoms with van der Waals surface area (Å²) in [5.41, 5.74) is 1.16. The third kappa shape index (κ3) is 2.65. The number of rotatable bonds is 2. The smallest absolute Gasteiger partial charge is 0.185 e. The van der Waals surface area contributed by atoms with Gasteiger partial charge in [-0.05, 0) is 43.9 Å². The predicted octanol–water partition coefficient (Wildman–Crippen LogP) is 3.39. The maximum absolute atomic E-state index is 10.0. The van der Waals surface area contributed by atoms with Gasteiger partial charge in [0.1, 0.15) is 0 Å². The number of piperidine rings is 1. The molecule has 1 aliphatic carbocycles. The van der Waals surface area contributed by atoms with Crippen LogP contribution in [0.1, 0.15) is 56.2 Å². The summed E-state index contributed by atoms with van der Waals surface area (Å²) in [4.78, 5) is 8.34. The third-order valence-electron chi connectivity index (χ3n) is 4.66. The van der Waals surface area contributed by atoms with Crippen molar-refractivity contribution in [1.29, 1.82) is 0 Å². The Morgan fingerprint density at radius 1 is 1.26 bits per heavy atom. The highest BCUT2D eigenvalue weighted by molar-refractivity contribution is 7.15. The minimum Gasteiger partial charge on any atom is -0.388 e. The van der Waals surface area contributed by atoms with Crippen LogP contribution >= 0.6 is 11.3 Å². The minimum absolute atomic E-state index is 0.261. The van der Waals surface area contributed by atoms with E-state index in [1.165, 1.54) is 12.8 Å². The first-order valence-corrected chi connectivity index (χ1v) is 8.39. The maximum atomic E-state index is 10.0. The summed E-state index contributed by atoms with van der Waals surface area (Å²) in [6.45, 7) is 6.92. The van der Waals surface area contributed by atoms with Gasteiger partial charge in [0.15, 0.2) is 5.13 Å². The van der Waals surface area contributed by atoms with Crippen LogP contribution in [0.25, 0.3) is 0 Å². The van der Waals surface area contributed by atoms with Crippen molar-refractivity contribution in [3.63, 3.8) is 0 Å². The molecule has 0 spiro atoms. The van der Waals surface area contributed by atoms with Gasteiger partial charge in [-0.15, -0.1) is 0 Å². The van der Waals surface area contributed by atoms with E-state index in [9.17, 15) is 5.11 Å². The summed E-state index contributed by atoms with van der Waals surface area (Å²) < 4.78 is 0. The number of hydrogen-bond donors (Lipinski definition) is 1. The molecule has 1 aromatic rings. The first kappa shape index (κ1) is 13.4. The van der Waals surface area contributed by atoms with Gasteiger partial charge in [-0.2, -0.15) is 0 Å². The SMILES string of the molecule is CC(C)C1CCN(c2nc3c(s2)C(O)CCC3)CC1. The zero-order valence-corrected chi connectivity index (χ0v) is 12.7. The van der Waals surface area contributed by atoms with Crippen molar-refractivity contribution in [3.05, 3.63) is 10.6 Å². The summed E-state index contributed by atoms with van der Waals surface area (Å²) in [5, 5.41) is 11.2. The quantitative estimate of drug-likeness (QED) is 0.902. The molecule has 0 aromatic carbocycles. The number of thiazole rings is 1. The van der Waals surface area contributed by atoms with Crippen LogP contribution in [0.2, 0.25) is 0 Å². The fourth-order valence-corrected chi connectivity index (χ4v) is 4.46. The summed E-state index contributed by atoms with van der Waals surface area (Å²) in [5.74, 6) is 1.67. The van der Waals surface area contributed by atoms with Gasteiger partial charge in [0.05, 0.1) is 16.7 Å². The molecule has 2 aliphatic rings. The lowest BCUT2D eigenvalue weighted by Gasteiger charge is -2.33. The lowest BCUT2D eigenvalue weighted by Crippen LogP contribution is -2.35.